The second kappa shape index (κ2) is 5.34. The van der Waals surface area contributed by atoms with Crippen LogP contribution in [0.2, 0.25) is 0 Å². The molecular formula is C10H12ClN3S. The van der Waals surface area contributed by atoms with Gasteiger partial charge in [-0.25, -0.2) is 0 Å². The van der Waals surface area contributed by atoms with Crippen molar-refractivity contribution in [3.63, 3.8) is 0 Å². The molecule has 0 saturated heterocycles. The summed E-state index contributed by atoms with van der Waals surface area (Å²) in [6, 6.07) is 2.17. The van der Waals surface area contributed by atoms with Crippen molar-refractivity contribution in [3.8, 4) is 6.07 Å². The van der Waals surface area contributed by atoms with Gasteiger partial charge in [-0.15, -0.1) is 16.7 Å². The zero-order valence-corrected chi connectivity index (χ0v) is 10.5. The average Bonchev–Trinajstić information content (AvgIpc) is 2.24. The number of halogens is 1. The number of thioether (sulfide) groups is 1. The molecule has 15 heavy (non-hydrogen) atoms. The van der Waals surface area contributed by atoms with Crippen LogP contribution >= 0.6 is 23.4 Å². The molecule has 0 aliphatic rings. The largest absolute Gasteiger partial charge is 0.192 e. The van der Waals surface area contributed by atoms with Crippen LogP contribution in [0.15, 0.2) is 5.03 Å². The minimum absolute atomic E-state index is 0.232. The second-order valence-corrected chi connectivity index (χ2v) is 5.02. The Morgan fingerprint density at radius 2 is 2.13 bits per heavy atom. The number of alkyl halides is 1. The van der Waals surface area contributed by atoms with Gasteiger partial charge in [-0.3, -0.25) is 0 Å². The Bertz CT molecular complexity index is 400. The number of hydrogen-bond acceptors (Lipinski definition) is 4. The molecule has 1 atom stereocenters. The fraction of sp³-hybridized carbons (Fsp3) is 0.500. The van der Waals surface area contributed by atoms with E-state index in [9.17, 15) is 0 Å². The van der Waals surface area contributed by atoms with Crippen LogP contribution in [0, 0.1) is 25.2 Å². The molecule has 0 bridgehead atoms. The quantitative estimate of drug-likeness (QED) is 0.603. The first kappa shape index (κ1) is 12.3. The molecule has 1 heterocycles. The minimum atomic E-state index is 0.232. The van der Waals surface area contributed by atoms with Crippen molar-refractivity contribution in [1.82, 2.24) is 10.2 Å². The van der Waals surface area contributed by atoms with Crippen LogP contribution in [-0.4, -0.2) is 21.3 Å². The van der Waals surface area contributed by atoms with Gasteiger partial charge in [0.05, 0.1) is 11.3 Å². The molecule has 0 radical (unpaired) electrons. The van der Waals surface area contributed by atoms with Crippen molar-refractivity contribution in [1.29, 1.82) is 5.26 Å². The Kier molecular flexibility index (Phi) is 4.37. The van der Waals surface area contributed by atoms with Crippen LogP contribution in [0.25, 0.3) is 0 Å². The van der Waals surface area contributed by atoms with E-state index < -0.39 is 0 Å². The van der Waals surface area contributed by atoms with Gasteiger partial charge >= 0.3 is 0 Å². The Morgan fingerprint density at radius 3 is 2.67 bits per heavy atom. The molecule has 3 nitrogen and oxygen atoms in total. The molecule has 1 unspecified atom stereocenters. The molecular weight excluding hydrogens is 230 g/mol. The lowest BCUT2D eigenvalue weighted by molar-refractivity contribution is 0.868. The van der Waals surface area contributed by atoms with Crippen molar-refractivity contribution >= 4 is 23.4 Å². The van der Waals surface area contributed by atoms with Crippen molar-refractivity contribution in [2.24, 2.45) is 0 Å². The third-order valence-electron chi connectivity index (χ3n) is 2.06. The summed E-state index contributed by atoms with van der Waals surface area (Å²) in [6.07, 6.45) is 0. The van der Waals surface area contributed by atoms with Crippen LogP contribution < -0.4 is 0 Å². The van der Waals surface area contributed by atoms with Crippen molar-refractivity contribution < 1.29 is 0 Å². The van der Waals surface area contributed by atoms with E-state index in [-0.39, 0.29) is 5.25 Å². The number of rotatable bonds is 3. The number of nitrogens with zero attached hydrogens (tertiary/aromatic N) is 3. The van der Waals surface area contributed by atoms with E-state index in [1.165, 1.54) is 11.8 Å². The molecule has 0 spiro atoms. The molecule has 0 fully saturated rings. The Hall–Kier alpha value is -0.790. The zero-order valence-electron chi connectivity index (χ0n) is 8.91. The number of nitriles is 1. The van der Waals surface area contributed by atoms with Gasteiger partial charge in [-0.1, -0.05) is 18.7 Å². The molecule has 0 saturated carbocycles. The summed E-state index contributed by atoms with van der Waals surface area (Å²) in [5.41, 5.74) is 2.32. The lowest BCUT2D eigenvalue weighted by atomic mass is 10.1. The summed E-state index contributed by atoms with van der Waals surface area (Å²) in [7, 11) is 0. The van der Waals surface area contributed by atoms with E-state index in [2.05, 4.69) is 16.3 Å². The highest BCUT2D eigenvalue weighted by molar-refractivity contribution is 8.00. The maximum Gasteiger partial charge on any atom is 0.137 e. The summed E-state index contributed by atoms with van der Waals surface area (Å²) >= 11 is 7.21. The molecule has 0 aromatic carbocycles. The second-order valence-electron chi connectivity index (χ2n) is 3.29. The van der Waals surface area contributed by atoms with Crippen LogP contribution in [0.1, 0.15) is 23.7 Å². The van der Waals surface area contributed by atoms with Gasteiger partial charge in [-0.2, -0.15) is 10.4 Å². The zero-order chi connectivity index (χ0) is 11.4. The Morgan fingerprint density at radius 1 is 1.47 bits per heavy atom. The maximum atomic E-state index is 9.05. The van der Waals surface area contributed by atoms with Gasteiger partial charge in [-0.05, 0) is 19.4 Å². The van der Waals surface area contributed by atoms with Crippen molar-refractivity contribution in [2.75, 3.05) is 5.88 Å². The first-order valence-electron chi connectivity index (χ1n) is 4.56. The van der Waals surface area contributed by atoms with E-state index in [1.54, 1.807) is 0 Å². The number of aromatic nitrogens is 2. The lowest BCUT2D eigenvalue weighted by Gasteiger charge is -2.09. The van der Waals surface area contributed by atoms with Gasteiger partial charge in [0.15, 0.2) is 0 Å². The number of hydrogen-bond donors (Lipinski definition) is 0. The first-order valence-corrected chi connectivity index (χ1v) is 5.98. The van der Waals surface area contributed by atoms with Crippen molar-refractivity contribution in [3.05, 3.63) is 16.8 Å². The molecule has 0 amide bonds. The summed E-state index contributed by atoms with van der Waals surface area (Å²) < 4.78 is 0. The van der Waals surface area contributed by atoms with Crippen LogP contribution in [0.3, 0.4) is 0 Å². The summed E-state index contributed by atoms with van der Waals surface area (Å²) in [4.78, 5) is 0. The molecule has 0 aliphatic carbocycles. The van der Waals surface area contributed by atoms with Gasteiger partial charge in [0.25, 0.3) is 0 Å². The molecule has 1 aromatic heterocycles. The lowest BCUT2D eigenvalue weighted by Crippen LogP contribution is -2.03. The molecule has 80 valence electrons. The van der Waals surface area contributed by atoms with Gasteiger partial charge in [0.2, 0.25) is 0 Å². The van der Waals surface area contributed by atoms with E-state index in [4.69, 9.17) is 16.9 Å². The predicted molar refractivity (Wildman–Crippen MR) is 62.3 cm³/mol. The Labute approximate surface area is 98.8 Å². The van der Waals surface area contributed by atoms with Crippen LogP contribution in [0.5, 0.6) is 0 Å². The maximum absolute atomic E-state index is 9.05. The molecule has 0 aliphatic heterocycles. The summed E-state index contributed by atoms with van der Waals surface area (Å²) in [5, 5.41) is 18.0. The van der Waals surface area contributed by atoms with Crippen molar-refractivity contribution in [2.45, 2.75) is 31.0 Å². The summed E-state index contributed by atoms with van der Waals surface area (Å²) in [6.45, 7) is 5.73. The summed E-state index contributed by atoms with van der Waals surface area (Å²) in [5.74, 6) is 0.532. The highest BCUT2D eigenvalue weighted by atomic mass is 35.5. The Balaban J connectivity index is 3.09. The highest BCUT2D eigenvalue weighted by Gasteiger charge is 2.13. The van der Waals surface area contributed by atoms with Gasteiger partial charge < -0.3 is 0 Å². The monoisotopic (exact) mass is 241 g/mol. The topological polar surface area (TPSA) is 49.6 Å². The smallest absolute Gasteiger partial charge is 0.137 e. The van der Waals surface area contributed by atoms with Gasteiger partial charge in [0, 0.05) is 11.1 Å². The van der Waals surface area contributed by atoms with E-state index in [1.807, 2.05) is 20.8 Å². The molecule has 1 aromatic rings. The molecule has 5 heteroatoms. The third-order valence-corrected chi connectivity index (χ3v) is 3.79. The van der Waals surface area contributed by atoms with E-state index >= 15 is 0 Å². The fourth-order valence-electron chi connectivity index (χ4n) is 1.02. The SMILES string of the molecule is Cc1nnc(SC(C)CCl)c(C#N)c1C. The highest BCUT2D eigenvalue weighted by Crippen LogP contribution is 2.26. The average molecular weight is 242 g/mol. The van der Waals surface area contributed by atoms with Crippen LogP contribution in [0.4, 0.5) is 0 Å². The first-order chi connectivity index (χ1) is 7.10. The molecule has 1 rings (SSSR count). The van der Waals surface area contributed by atoms with Crippen LogP contribution in [-0.2, 0) is 0 Å². The van der Waals surface area contributed by atoms with Gasteiger partial charge in [0.1, 0.15) is 11.1 Å². The van der Waals surface area contributed by atoms with E-state index in [0.717, 1.165) is 11.3 Å². The van der Waals surface area contributed by atoms with E-state index in [0.29, 0.717) is 16.5 Å². The molecule has 0 N–H and O–H groups in total. The third kappa shape index (κ3) is 2.83. The number of aryl methyl sites for hydroxylation is 1. The fourth-order valence-corrected chi connectivity index (χ4v) is 2.06. The predicted octanol–water partition coefficient (Wildman–Crippen LogP) is 2.68. The normalized spacial score (nSPS) is 12.2. The standard InChI is InChI=1S/C10H12ClN3S/c1-6(4-11)15-10-9(5-12)7(2)8(3)13-14-10/h6H,4H2,1-3H3. The minimum Gasteiger partial charge on any atom is -0.192 e.